The van der Waals surface area contributed by atoms with Crippen LogP contribution in [0.3, 0.4) is 0 Å². The molecule has 0 aromatic rings. The molecule has 0 saturated heterocycles. The van der Waals surface area contributed by atoms with Crippen LogP contribution in [-0.2, 0) is 4.79 Å². The first-order valence-corrected chi connectivity index (χ1v) is 4.45. The zero-order valence-electron chi connectivity index (χ0n) is 6.36. The molecule has 0 amide bonds. The molecule has 1 heterocycles. The van der Waals surface area contributed by atoms with Crippen molar-refractivity contribution in [2.45, 2.75) is 6.42 Å². The van der Waals surface area contributed by atoms with E-state index in [1.807, 2.05) is 18.2 Å². The van der Waals surface area contributed by atoms with Gasteiger partial charge < -0.3 is 0 Å². The van der Waals surface area contributed by atoms with Crippen molar-refractivity contribution in [3.8, 4) is 0 Å². The molecule has 0 atom stereocenters. The minimum atomic E-state index is 0.712. The third kappa shape index (κ3) is 1.16. The van der Waals surface area contributed by atoms with Gasteiger partial charge in [0, 0.05) is 28.6 Å². The summed E-state index contributed by atoms with van der Waals surface area (Å²) in [5.41, 5.74) is 1.82. The molecule has 12 heavy (non-hydrogen) atoms. The second kappa shape index (κ2) is 3.11. The van der Waals surface area contributed by atoms with Gasteiger partial charge in [-0.25, -0.2) is 4.40 Å². The zero-order chi connectivity index (χ0) is 8.39. The lowest BCUT2D eigenvalue weighted by Crippen LogP contribution is -2.01. The van der Waals surface area contributed by atoms with Crippen molar-refractivity contribution in [1.82, 2.24) is 0 Å². The first-order chi connectivity index (χ1) is 5.92. The Balaban J connectivity index is 2.48. The standard InChI is InChI=1S/C9H7NOS/c11-6-7-5-10-12-9-4-2-1-3-8(7)9/h1-2,4-6H,3H2. The summed E-state index contributed by atoms with van der Waals surface area (Å²) < 4.78 is 4.01. The van der Waals surface area contributed by atoms with Crippen LogP contribution in [0.5, 0.6) is 0 Å². The Morgan fingerprint density at radius 2 is 2.50 bits per heavy atom. The molecule has 2 nitrogen and oxygen atoms in total. The van der Waals surface area contributed by atoms with Gasteiger partial charge in [-0.3, -0.25) is 4.79 Å². The molecule has 1 aliphatic carbocycles. The van der Waals surface area contributed by atoms with Crippen molar-refractivity contribution in [2.75, 3.05) is 0 Å². The largest absolute Gasteiger partial charge is 0.298 e. The summed E-state index contributed by atoms with van der Waals surface area (Å²) in [7, 11) is 0. The van der Waals surface area contributed by atoms with Gasteiger partial charge in [-0.2, -0.15) is 0 Å². The molecular weight excluding hydrogens is 170 g/mol. The van der Waals surface area contributed by atoms with E-state index in [1.54, 1.807) is 6.21 Å². The van der Waals surface area contributed by atoms with Crippen molar-refractivity contribution in [3.05, 3.63) is 34.3 Å². The van der Waals surface area contributed by atoms with E-state index in [2.05, 4.69) is 4.40 Å². The SMILES string of the molecule is O=CC1=C2CC=CC=C2SN=C1. The number of allylic oxidation sites excluding steroid dienone is 5. The predicted molar refractivity (Wildman–Crippen MR) is 51.0 cm³/mol. The minimum Gasteiger partial charge on any atom is -0.298 e. The van der Waals surface area contributed by atoms with Gasteiger partial charge in [0.15, 0.2) is 6.29 Å². The molecule has 3 heteroatoms. The Hall–Kier alpha value is -1.09. The number of carbonyl (C=O) groups excluding carboxylic acids is 1. The Morgan fingerprint density at radius 3 is 3.33 bits per heavy atom. The van der Waals surface area contributed by atoms with E-state index in [1.165, 1.54) is 11.9 Å². The number of carbonyl (C=O) groups is 1. The molecule has 0 aromatic heterocycles. The molecule has 0 bridgehead atoms. The molecule has 0 radical (unpaired) electrons. The van der Waals surface area contributed by atoms with Gasteiger partial charge in [0.1, 0.15) is 0 Å². The third-order valence-corrected chi connectivity index (χ3v) is 2.61. The number of nitrogens with zero attached hydrogens (tertiary/aromatic N) is 1. The number of hydrogen-bond acceptors (Lipinski definition) is 3. The lowest BCUT2D eigenvalue weighted by atomic mass is 10.0. The zero-order valence-corrected chi connectivity index (χ0v) is 7.17. The van der Waals surface area contributed by atoms with Crippen LogP contribution in [0, 0.1) is 0 Å². The second-order valence-electron chi connectivity index (χ2n) is 2.54. The Bertz CT molecular complexity index is 336. The van der Waals surface area contributed by atoms with Crippen LogP contribution in [0.4, 0.5) is 0 Å². The molecule has 0 fully saturated rings. The highest BCUT2D eigenvalue weighted by atomic mass is 32.2. The molecule has 0 aromatic carbocycles. The van der Waals surface area contributed by atoms with Gasteiger partial charge in [0.25, 0.3) is 0 Å². The van der Waals surface area contributed by atoms with Crippen LogP contribution in [0.2, 0.25) is 0 Å². The van der Waals surface area contributed by atoms with Gasteiger partial charge in [-0.15, -0.1) is 0 Å². The van der Waals surface area contributed by atoms with Crippen molar-refractivity contribution < 1.29 is 4.79 Å². The van der Waals surface area contributed by atoms with Crippen molar-refractivity contribution in [1.29, 1.82) is 0 Å². The van der Waals surface area contributed by atoms with E-state index in [4.69, 9.17) is 0 Å². The summed E-state index contributed by atoms with van der Waals surface area (Å²) in [6, 6.07) is 0. The lowest BCUT2D eigenvalue weighted by Gasteiger charge is -2.14. The monoisotopic (exact) mass is 177 g/mol. The first kappa shape index (κ1) is 7.55. The Morgan fingerprint density at radius 1 is 1.58 bits per heavy atom. The summed E-state index contributed by atoms with van der Waals surface area (Å²) in [4.78, 5) is 11.7. The molecule has 0 saturated carbocycles. The van der Waals surface area contributed by atoms with E-state index in [-0.39, 0.29) is 0 Å². The third-order valence-electron chi connectivity index (χ3n) is 1.82. The molecule has 60 valence electrons. The molecule has 2 aliphatic rings. The van der Waals surface area contributed by atoms with Crippen LogP contribution in [0.25, 0.3) is 0 Å². The normalized spacial score (nSPS) is 20.5. The molecule has 2 rings (SSSR count). The highest BCUT2D eigenvalue weighted by Gasteiger charge is 2.15. The maximum absolute atomic E-state index is 10.6. The first-order valence-electron chi connectivity index (χ1n) is 3.68. The van der Waals surface area contributed by atoms with Crippen LogP contribution in [0.15, 0.2) is 38.7 Å². The fourth-order valence-electron chi connectivity index (χ4n) is 1.21. The highest BCUT2D eigenvalue weighted by Crippen LogP contribution is 2.34. The van der Waals surface area contributed by atoms with E-state index in [9.17, 15) is 4.79 Å². The van der Waals surface area contributed by atoms with Crippen molar-refractivity contribution in [2.24, 2.45) is 4.40 Å². The topological polar surface area (TPSA) is 29.4 Å². The number of hydrogen-bond donors (Lipinski definition) is 0. The van der Waals surface area contributed by atoms with Crippen LogP contribution in [0.1, 0.15) is 6.42 Å². The smallest absolute Gasteiger partial charge is 0.151 e. The van der Waals surface area contributed by atoms with E-state index < -0.39 is 0 Å². The van der Waals surface area contributed by atoms with Gasteiger partial charge in [-0.05, 0) is 18.1 Å². The summed E-state index contributed by atoms with van der Waals surface area (Å²) in [5.74, 6) is 0. The van der Waals surface area contributed by atoms with E-state index in [0.717, 1.165) is 23.2 Å². The summed E-state index contributed by atoms with van der Waals surface area (Å²) >= 11 is 1.43. The molecule has 0 N–H and O–H groups in total. The van der Waals surface area contributed by atoms with Crippen LogP contribution in [-0.4, -0.2) is 12.5 Å². The van der Waals surface area contributed by atoms with E-state index >= 15 is 0 Å². The number of fused-ring (bicyclic) bond motifs is 1. The quantitative estimate of drug-likeness (QED) is 0.453. The van der Waals surface area contributed by atoms with Gasteiger partial charge >= 0.3 is 0 Å². The Labute approximate surface area is 74.9 Å². The molecular formula is C9H7NOS. The fraction of sp³-hybridized carbons (Fsp3) is 0.111. The number of aldehydes is 1. The summed E-state index contributed by atoms with van der Waals surface area (Å²) in [5, 5.41) is 0. The van der Waals surface area contributed by atoms with Crippen molar-refractivity contribution >= 4 is 24.4 Å². The lowest BCUT2D eigenvalue weighted by molar-refractivity contribution is -0.104. The van der Waals surface area contributed by atoms with Crippen molar-refractivity contribution in [3.63, 3.8) is 0 Å². The molecule has 0 spiro atoms. The fourth-order valence-corrected chi connectivity index (χ4v) is 1.94. The van der Waals surface area contributed by atoms with Gasteiger partial charge in [0.2, 0.25) is 0 Å². The van der Waals surface area contributed by atoms with E-state index in [0.29, 0.717) is 5.57 Å². The highest BCUT2D eigenvalue weighted by molar-refractivity contribution is 8.02. The Kier molecular flexibility index (Phi) is 1.96. The summed E-state index contributed by atoms with van der Waals surface area (Å²) in [6.45, 7) is 0. The predicted octanol–water partition coefficient (Wildman–Crippen LogP) is 2.06. The van der Waals surface area contributed by atoms with Crippen LogP contribution >= 0.6 is 11.9 Å². The second-order valence-corrected chi connectivity index (χ2v) is 3.37. The average molecular weight is 177 g/mol. The maximum atomic E-state index is 10.6. The van der Waals surface area contributed by atoms with Gasteiger partial charge in [0.05, 0.1) is 0 Å². The maximum Gasteiger partial charge on any atom is 0.151 e. The number of rotatable bonds is 1. The van der Waals surface area contributed by atoms with Gasteiger partial charge in [-0.1, -0.05) is 12.2 Å². The summed E-state index contributed by atoms with van der Waals surface area (Å²) in [6.07, 6.45) is 9.37. The minimum absolute atomic E-state index is 0.712. The van der Waals surface area contributed by atoms with Crippen LogP contribution < -0.4 is 0 Å². The average Bonchev–Trinajstić information content (AvgIpc) is 2.17. The molecule has 0 unspecified atom stereocenters. The molecule has 1 aliphatic heterocycles.